The number of anilines is 3. The zero-order valence-electron chi connectivity index (χ0n) is 33.6. The minimum Gasteiger partial charge on any atom is -0.467 e. The van der Waals surface area contributed by atoms with Crippen LogP contribution in [0.5, 0.6) is 0 Å². The maximum Gasteiger partial charge on any atom is 0.280 e. The molecule has 3 N–H and O–H groups in total. The Balaban J connectivity index is 0.724. The van der Waals surface area contributed by atoms with Crippen LogP contribution >= 0.6 is 0 Å². The highest BCUT2D eigenvalue weighted by Gasteiger charge is 2.30. The third-order valence-corrected chi connectivity index (χ3v) is 11.3. The minimum absolute atomic E-state index is 0.149. The van der Waals surface area contributed by atoms with E-state index in [1.165, 1.54) is 0 Å². The van der Waals surface area contributed by atoms with E-state index in [0.29, 0.717) is 54.2 Å². The van der Waals surface area contributed by atoms with Crippen molar-refractivity contribution in [2.75, 3.05) is 48.3 Å². The second-order valence-electron chi connectivity index (χ2n) is 15.4. The van der Waals surface area contributed by atoms with Gasteiger partial charge in [0, 0.05) is 68.7 Å². The molecule has 2 saturated heterocycles. The Kier molecular flexibility index (Phi) is 12.7. The number of hydrogen-bond donors (Lipinski definition) is 3. The predicted molar refractivity (Wildman–Crippen MR) is 226 cm³/mol. The number of rotatable bonds is 17. The molecule has 312 valence electrons. The average molecular weight is 815 g/mol. The lowest BCUT2D eigenvalue weighted by Gasteiger charge is -2.24. The van der Waals surface area contributed by atoms with E-state index in [-0.39, 0.29) is 24.7 Å². The van der Waals surface area contributed by atoms with Crippen molar-refractivity contribution in [3.05, 3.63) is 89.5 Å². The molecule has 0 aliphatic carbocycles. The van der Waals surface area contributed by atoms with Gasteiger partial charge in [0.1, 0.15) is 23.6 Å². The molecule has 2 fully saturated rings. The number of amides is 3. The first kappa shape index (κ1) is 40.1. The molecule has 60 heavy (non-hydrogen) atoms. The number of piperidine rings is 1. The third kappa shape index (κ3) is 9.29. The van der Waals surface area contributed by atoms with E-state index in [0.717, 1.165) is 98.3 Å². The zero-order chi connectivity index (χ0) is 41.3. The Hall–Kier alpha value is -6.65. The van der Waals surface area contributed by atoms with Crippen molar-refractivity contribution in [1.29, 1.82) is 0 Å². The molecule has 17 nitrogen and oxygen atoms in total. The van der Waals surface area contributed by atoms with Crippen molar-refractivity contribution in [3.8, 4) is 11.1 Å². The SMILES string of the molecule is O=C1CCC(n2nnc3cccc(NCCCCCCCCCC(=O)N4CCCN(c5ccc(-c6cnc(NCc7ccco7)n7cnnc67)cc5)CC4)c3c2=O)C(=O)N1. The Labute approximate surface area is 346 Å². The highest BCUT2D eigenvalue weighted by molar-refractivity contribution is 5.99. The van der Waals surface area contributed by atoms with Gasteiger partial charge in [-0.25, -0.2) is 4.98 Å². The molecular weight excluding hydrogens is 765 g/mol. The quantitative estimate of drug-likeness (QED) is 0.0788. The standard InChI is InChI=1S/C43H50N12O5/c56-37-20-19-36(41(58)48-37)55-42(59)39-34(12-8-13-35(39)49-51-55)44-21-7-5-3-1-2-4-6-14-38(57)53-23-10-22-52(24-25-53)31-17-15-30(16-18-31)33-28-46-43(54-29-47-50-40(33)54)45-27-32-11-9-26-60-32/h8-9,11-13,15-18,26,28-29,36,44H,1-7,10,14,19-25,27H2,(H,45,46)(H,48,56,58). The van der Waals surface area contributed by atoms with Gasteiger partial charge in [0.25, 0.3) is 11.5 Å². The second-order valence-corrected chi connectivity index (χ2v) is 15.4. The third-order valence-electron chi connectivity index (χ3n) is 11.3. The van der Waals surface area contributed by atoms with Crippen molar-refractivity contribution in [3.63, 3.8) is 0 Å². The Morgan fingerprint density at radius 3 is 2.52 bits per heavy atom. The number of nitrogens with zero attached hydrogens (tertiary/aromatic N) is 9. The first-order chi connectivity index (χ1) is 29.4. The average Bonchev–Trinajstić information content (AvgIpc) is 3.92. The summed E-state index contributed by atoms with van der Waals surface area (Å²) in [4.78, 5) is 59.6. The number of benzene rings is 2. The first-order valence-corrected chi connectivity index (χ1v) is 21.0. The van der Waals surface area contributed by atoms with E-state index in [9.17, 15) is 19.2 Å². The number of furan rings is 1. The largest absolute Gasteiger partial charge is 0.467 e. The number of imide groups is 1. The lowest BCUT2D eigenvalue weighted by molar-refractivity contribution is -0.136. The van der Waals surface area contributed by atoms with Gasteiger partial charge >= 0.3 is 0 Å². The van der Waals surface area contributed by atoms with Gasteiger partial charge in [-0.1, -0.05) is 55.5 Å². The van der Waals surface area contributed by atoms with Gasteiger partial charge in [-0.15, -0.1) is 15.3 Å². The first-order valence-electron chi connectivity index (χ1n) is 21.0. The van der Waals surface area contributed by atoms with Crippen molar-refractivity contribution in [1.82, 2.24) is 44.8 Å². The number of hydrogen-bond acceptors (Lipinski definition) is 13. The number of nitrogens with one attached hydrogen (secondary N) is 3. The van der Waals surface area contributed by atoms with Crippen LogP contribution in [0.4, 0.5) is 17.3 Å². The number of fused-ring (bicyclic) bond motifs is 2. The molecule has 2 aliphatic rings. The molecule has 8 rings (SSSR count). The van der Waals surface area contributed by atoms with Crippen LogP contribution in [-0.4, -0.2) is 89.9 Å². The van der Waals surface area contributed by atoms with Crippen molar-refractivity contribution < 1.29 is 18.8 Å². The van der Waals surface area contributed by atoms with Gasteiger partial charge in [-0.2, -0.15) is 4.68 Å². The van der Waals surface area contributed by atoms with E-state index in [1.807, 2.05) is 39.8 Å². The smallest absolute Gasteiger partial charge is 0.280 e. The second kappa shape index (κ2) is 18.9. The van der Waals surface area contributed by atoms with Gasteiger partial charge in [-0.05, 0) is 67.6 Å². The predicted octanol–water partition coefficient (Wildman–Crippen LogP) is 5.35. The van der Waals surface area contributed by atoms with Crippen LogP contribution < -0.4 is 26.4 Å². The van der Waals surface area contributed by atoms with E-state index < -0.39 is 17.5 Å². The van der Waals surface area contributed by atoms with E-state index in [2.05, 4.69) is 70.6 Å². The van der Waals surface area contributed by atoms with Crippen molar-refractivity contribution in [2.45, 2.75) is 83.2 Å². The summed E-state index contributed by atoms with van der Waals surface area (Å²) in [5.74, 6) is 0.804. The highest BCUT2D eigenvalue weighted by Crippen LogP contribution is 2.28. The Morgan fingerprint density at radius 1 is 0.867 bits per heavy atom. The zero-order valence-corrected chi connectivity index (χ0v) is 33.6. The van der Waals surface area contributed by atoms with Crippen LogP contribution in [-0.2, 0) is 20.9 Å². The minimum atomic E-state index is -0.860. The molecule has 0 saturated carbocycles. The monoisotopic (exact) mass is 814 g/mol. The topological polar surface area (TPSA) is 198 Å². The molecule has 1 unspecified atom stereocenters. The molecular formula is C43H50N12O5. The maximum absolute atomic E-state index is 13.4. The van der Waals surface area contributed by atoms with E-state index in [4.69, 9.17) is 4.42 Å². The summed E-state index contributed by atoms with van der Waals surface area (Å²) in [6.45, 7) is 4.38. The van der Waals surface area contributed by atoms with Gasteiger partial charge in [-0.3, -0.25) is 28.9 Å². The lowest BCUT2D eigenvalue weighted by Crippen LogP contribution is -2.45. The number of carbonyl (C=O) groups excluding carboxylic acids is 3. The molecule has 1 atom stereocenters. The fourth-order valence-electron chi connectivity index (χ4n) is 8.04. The highest BCUT2D eigenvalue weighted by atomic mass is 16.3. The summed E-state index contributed by atoms with van der Waals surface area (Å²) in [6, 6.07) is 16.7. The van der Waals surface area contributed by atoms with Crippen LogP contribution in [0, 0.1) is 0 Å². The van der Waals surface area contributed by atoms with Crippen LogP contribution in [0.3, 0.4) is 0 Å². The van der Waals surface area contributed by atoms with Crippen molar-refractivity contribution >= 4 is 51.6 Å². The van der Waals surface area contributed by atoms with Gasteiger partial charge in [0.05, 0.1) is 18.2 Å². The summed E-state index contributed by atoms with van der Waals surface area (Å²) in [5.41, 5.74) is 4.45. The molecule has 2 aliphatic heterocycles. The summed E-state index contributed by atoms with van der Waals surface area (Å²) in [6.07, 6.45) is 14.2. The van der Waals surface area contributed by atoms with Crippen molar-refractivity contribution in [2.24, 2.45) is 0 Å². The van der Waals surface area contributed by atoms with Gasteiger partial charge < -0.3 is 24.9 Å². The molecule has 0 spiro atoms. The Morgan fingerprint density at radius 2 is 1.70 bits per heavy atom. The van der Waals surface area contributed by atoms with Crippen LogP contribution in [0.25, 0.3) is 27.7 Å². The van der Waals surface area contributed by atoms with Gasteiger partial charge in [0.2, 0.25) is 17.8 Å². The summed E-state index contributed by atoms with van der Waals surface area (Å²) >= 11 is 0. The summed E-state index contributed by atoms with van der Waals surface area (Å²) < 4.78 is 8.36. The molecule has 4 aromatic heterocycles. The molecule has 6 heterocycles. The lowest BCUT2D eigenvalue weighted by atomic mass is 10.1. The molecule has 6 aromatic rings. The molecule has 2 aromatic carbocycles. The van der Waals surface area contributed by atoms with Crippen LogP contribution in [0.2, 0.25) is 0 Å². The van der Waals surface area contributed by atoms with E-state index >= 15 is 0 Å². The molecule has 17 heteroatoms. The number of carbonyl (C=O) groups is 3. The number of aromatic nitrogens is 7. The number of unbranched alkanes of at least 4 members (excludes halogenated alkanes) is 6. The van der Waals surface area contributed by atoms with Crippen LogP contribution in [0.1, 0.15) is 82.4 Å². The maximum atomic E-state index is 13.4. The summed E-state index contributed by atoms with van der Waals surface area (Å²) in [5, 5.41) is 26.0. The molecule has 0 bridgehead atoms. The molecule has 3 amide bonds. The normalized spacial score (nSPS) is 16.0. The fraction of sp³-hybridized carbons (Fsp3) is 0.419. The fourth-order valence-corrected chi connectivity index (χ4v) is 8.04. The Bertz CT molecular complexity index is 2480. The van der Waals surface area contributed by atoms with Crippen LogP contribution in [0.15, 0.2) is 82.6 Å². The van der Waals surface area contributed by atoms with E-state index in [1.54, 1.807) is 18.7 Å². The summed E-state index contributed by atoms with van der Waals surface area (Å²) in [7, 11) is 0. The van der Waals surface area contributed by atoms with Gasteiger partial charge in [0.15, 0.2) is 5.65 Å². The molecule has 0 radical (unpaired) electrons.